The highest BCUT2D eigenvalue weighted by Crippen LogP contribution is 2.16. The van der Waals surface area contributed by atoms with E-state index in [1.54, 1.807) is 0 Å². The molecule has 0 aromatic rings. The minimum Gasteiger partial charge on any atom is -0.462 e. The zero-order valence-electron chi connectivity index (χ0n) is 43.5. The average Bonchev–Trinajstić information content (AvgIpc) is 3.30. The van der Waals surface area contributed by atoms with Crippen molar-refractivity contribution in [2.45, 2.75) is 309 Å². The molecule has 0 saturated heterocycles. The first-order chi connectivity index (χ1) is 32.0. The van der Waals surface area contributed by atoms with Gasteiger partial charge in [0.05, 0.1) is 0 Å². The SMILES string of the molecule is CCCCC/C=C\C/C=C\CCCCCCCCCCCC(=O)OC[C@@H](COC(=O)CCCCCCCCCCCCC)OC(=O)CCCCCCCCC/C=C\CCCCCCCC. The van der Waals surface area contributed by atoms with Crippen LogP contribution in [0.5, 0.6) is 0 Å². The minimum atomic E-state index is -0.772. The molecule has 380 valence electrons. The van der Waals surface area contributed by atoms with E-state index in [0.717, 1.165) is 64.2 Å². The maximum Gasteiger partial charge on any atom is 0.306 e. The van der Waals surface area contributed by atoms with E-state index in [9.17, 15) is 14.4 Å². The van der Waals surface area contributed by atoms with E-state index in [0.29, 0.717) is 19.3 Å². The van der Waals surface area contributed by atoms with Crippen molar-refractivity contribution < 1.29 is 28.6 Å². The van der Waals surface area contributed by atoms with Gasteiger partial charge in [-0.3, -0.25) is 14.4 Å². The normalized spacial score (nSPS) is 12.2. The van der Waals surface area contributed by atoms with Crippen LogP contribution in [-0.2, 0) is 28.6 Å². The van der Waals surface area contributed by atoms with Crippen LogP contribution in [0.4, 0.5) is 0 Å². The molecule has 0 unspecified atom stereocenters. The first kappa shape index (κ1) is 62.6. The zero-order valence-corrected chi connectivity index (χ0v) is 43.5. The number of carbonyl (C=O) groups is 3. The molecule has 0 bridgehead atoms. The van der Waals surface area contributed by atoms with Crippen LogP contribution in [0.25, 0.3) is 0 Å². The maximum absolute atomic E-state index is 12.8. The second-order valence-electron chi connectivity index (χ2n) is 19.2. The molecule has 0 amide bonds. The van der Waals surface area contributed by atoms with Crippen molar-refractivity contribution in [2.75, 3.05) is 13.2 Å². The number of hydrogen-bond donors (Lipinski definition) is 0. The van der Waals surface area contributed by atoms with Gasteiger partial charge in [-0.15, -0.1) is 0 Å². The Morgan fingerprint density at radius 2 is 0.554 bits per heavy atom. The summed E-state index contributed by atoms with van der Waals surface area (Å²) in [5.41, 5.74) is 0. The largest absolute Gasteiger partial charge is 0.462 e. The molecule has 0 radical (unpaired) electrons. The molecule has 0 N–H and O–H groups in total. The Morgan fingerprint density at radius 3 is 0.892 bits per heavy atom. The van der Waals surface area contributed by atoms with E-state index in [1.165, 1.54) is 199 Å². The summed E-state index contributed by atoms with van der Waals surface area (Å²) in [5, 5.41) is 0. The van der Waals surface area contributed by atoms with E-state index >= 15 is 0 Å². The van der Waals surface area contributed by atoms with Crippen molar-refractivity contribution in [3.05, 3.63) is 36.5 Å². The number of hydrogen-bond acceptors (Lipinski definition) is 6. The number of unbranched alkanes of at least 4 members (excludes halogenated alkanes) is 35. The van der Waals surface area contributed by atoms with Gasteiger partial charge in [0.1, 0.15) is 13.2 Å². The standard InChI is InChI=1S/C59H108O6/c1-4-7-10-13-16-19-22-24-26-28-29-31-32-34-37-40-43-46-49-52-58(61)64-55-56(54-63-57(60)51-48-45-42-39-36-21-18-15-12-9-6-3)65-59(62)53-50-47-44-41-38-35-33-30-27-25-23-20-17-14-11-8-5-2/h16,19,24-27,56H,4-15,17-18,20-23,28-55H2,1-3H3/b19-16-,26-24-,27-25-/t56-/m1/s1. The van der Waals surface area contributed by atoms with E-state index in [2.05, 4.69) is 57.2 Å². The van der Waals surface area contributed by atoms with Crippen LogP contribution in [0.1, 0.15) is 303 Å². The molecule has 0 aliphatic carbocycles. The van der Waals surface area contributed by atoms with Gasteiger partial charge < -0.3 is 14.2 Å². The van der Waals surface area contributed by atoms with Crippen molar-refractivity contribution in [1.82, 2.24) is 0 Å². The van der Waals surface area contributed by atoms with Gasteiger partial charge in [0.15, 0.2) is 6.10 Å². The van der Waals surface area contributed by atoms with Crippen LogP contribution < -0.4 is 0 Å². The van der Waals surface area contributed by atoms with E-state index < -0.39 is 6.10 Å². The first-order valence-electron chi connectivity index (χ1n) is 28.5. The van der Waals surface area contributed by atoms with Gasteiger partial charge in [-0.2, -0.15) is 0 Å². The maximum atomic E-state index is 12.8. The summed E-state index contributed by atoms with van der Waals surface area (Å²) in [6.07, 6.45) is 64.1. The Hall–Kier alpha value is -2.37. The monoisotopic (exact) mass is 913 g/mol. The molecule has 0 rings (SSSR count). The quantitative estimate of drug-likeness (QED) is 0.0262. The van der Waals surface area contributed by atoms with Gasteiger partial charge in [-0.25, -0.2) is 0 Å². The minimum absolute atomic E-state index is 0.0718. The molecule has 6 heteroatoms. The third-order valence-electron chi connectivity index (χ3n) is 12.6. The molecule has 0 aliphatic heterocycles. The number of rotatable bonds is 52. The first-order valence-corrected chi connectivity index (χ1v) is 28.5. The van der Waals surface area contributed by atoms with Gasteiger partial charge in [0.25, 0.3) is 0 Å². The fourth-order valence-electron chi connectivity index (χ4n) is 8.29. The summed E-state index contributed by atoms with van der Waals surface area (Å²) >= 11 is 0. The summed E-state index contributed by atoms with van der Waals surface area (Å²) in [5.74, 6) is -0.866. The number of carbonyl (C=O) groups excluding carboxylic acids is 3. The van der Waals surface area contributed by atoms with Gasteiger partial charge in [-0.1, -0.05) is 243 Å². The van der Waals surface area contributed by atoms with Crippen LogP contribution in [0.15, 0.2) is 36.5 Å². The topological polar surface area (TPSA) is 78.9 Å². The lowest BCUT2D eigenvalue weighted by atomic mass is 10.1. The van der Waals surface area contributed by atoms with Crippen LogP contribution >= 0.6 is 0 Å². The Balaban J connectivity index is 4.31. The van der Waals surface area contributed by atoms with Crippen LogP contribution in [0.3, 0.4) is 0 Å². The fourth-order valence-corrected chi connectivity index (χ4v) is 8.29. The summed E-state index contributed by atoms with van der Waals surface area (Å²) in [7, 11) is 0. The van der Waals surface area contributed by atoms with Crippen LogP contribution in [0, 0.1) is 0 Å². The highest BCUT2D eigenvalue weighted by molar-refractivity contribution is 5.71. The number of allylic oxidation sites excluding steroid dienone is 6. The van der Waals surface area contributed by atoms with Gasteiger partial charge in [0.2, 0.25) is 0 Å². The number of esters is 3. The Bertz CT molecular complexity index is 1090. The molecular weight excluding hydrogens is 805 g/mol. The van der Waals surface area contributed by atoms with Crippen LogP contribution in [-0.4, -0.2) is 37.2 Å². The summed E-state index contributed by atoms with van der Waals surface area (Å²) in [6, 6.07) is 0. The fraction of sp³-hybridized carbons (Fsp3) is 0.847. The van der Waals surface area contributed by atoms with Gasteiger partial charge in [0, 0.05) is 19.3 Å². The van der Waals surface area contributed by atoms with E-state index in [4.69, 9.17) is 14.2 Å². The van der Waals surface area contributed by atoms with Crippen molar-refractivity contribution in [3.8, 4) is 0 Å². The van der Waals surface area contributed by atoms with Crippen LogP contribution in [0.2, 0.25) is 0 Å². The lowest BCUT2D eigenvalue weighted by Crippen LogP contribution is -2.30. The van der Waals surface area contributed by atoms with Gasteiger partial charge >= 0.3 is 17.9 Å². The molecule has 65 heavy (non-hydrogen) atoms. The molecule has 6 nitrogen and oxygen atoms in total. The second-order valence-corrected chi connectivity index (χ2v) is 19.2. The summed E-state index contributed by atoms with van der Waals surface area (Å²) in [4.78, 5) is 38.1. The van der Waals surface area contributed by atoms with Gasteiger partial charge in [-0.05, 0) is 77.0 Å². The third kappa shape index (κ3) is 52.5. The third-order valence-corrected chi connectivity index (χ3v) is 12.6. The van der Waals surface area contributed by atoms with Crippen molar-refractivity contribution in [1.29, 1.82) is 0 Å². The molecule has 0 saturated carbocycles. The van der Waals surface area contributed by atoms with E-state index in [-0.39, 0.29) is 31.1 Å². The molecule has 0 aromatic heterocycles. The molecule has 1 atom stereocenters. The number of ether oxygens (including phenoxy) is 3. The zero-order chi connectivity index (χ0) is 47.2. The van der Waals surface area contributed by atoms with Crippen molar-refractivity contribution in [3.63, 3.8) is 0 Å². The lowest BCUT2D eigenvalue weighted by Gasteiger charge is -2.18. The Morgan fingerprint density at radius 1 is 0.308 bits per heavy atom. The molecule has 0 heterocycles. The van der Waals surface area contributed by atoms with Crippen molar-refractivity contribution >= 4 is 17.9 Å². The second kappa shape index (κ2) is 54.2. The molecular formula is C59H108O6. The molecule has 0 fully saturated rings. The summed E-state index contributed by atoms with van der Waals surface area (Å²) in [6.45, 7) is 6.63. The molecule has 0 aromatic carbocycles. The smallest absolute Gasteiger partial charge is 0.306 e. The Labute approximate surface area is 404 Å². The predicted molar refractivity (Wildman–Crippen MR) is 279 cm³/mol. The molecule has 0 spiro atoms. The lowest BCUT2D eigenvalue weighted by molar-refractivity contribution is -0.167. The highest BCUT2D eigenvalue weighted by Gasteiger charge is 2.19. The van der Waals surface area contributed by atoms with E-state index in [1.807, 2.05) is 0 Å². The highest BCUT2D eigenvalue weighted by atomic mass is 16.6. The van der Waals surface area contributed by atoms with Crippen molar-refractivity contribution in [2.24, 2.45) is 0 Å². The Kier molecular flexibility index (Phi) is 52.3. The predicted octanol–water partition coefficient (Wildman–Crippen LogP) is 18.9. The average molecular weight is 914 g/mol. The molecule has 0 aliphatic rings. The summed E-state index contributed by atoms with van der Waals surface area (Å²) < 4.78 is 16.9.